The third kappa shape index (κ3) is 1.33. The van der Waals surface area contributed by atoms with Crippen LogP contribution in [-0.4, -0.2) is 16.1 Å². The molecule has 2 aromatic rings. The summed E-state index contributed by atoms with van der Waals surface area (Å²) in [6.07, 6.45) is 1.69. The van der Waals surface area contributed by atoms with Gasteiger partial charge in [0.25, 0.3) is 0 Å². The molecule has 1 aliphatic heterocycles. The first-order valence-corrected chi connectivity index (χ1v) is 5.75. The molecule has 0 fully saturated rings. The molecule has 1 aromatic heterocycles. The van der Waals surface area contributed by atoms with E-state index >= 15 is 0 Å². The lowest BCUT2D eigenvalue weighted by atomic mass is 9.85. The van der Waals surface area contributed by atoms with Gasteiger partial charge in [0, 0.05) is 11.3 Å². The van der Waals surface area contributed by atoms with Gasteiger partial charge in [0.2, 0.25) is 5.91 Å². The van der Waals surface area contributed by atoms with Gasteiger partial charge in [-0.2, -0.15) is 5.10 Å². The molecule has 5 nitrogen and oxygen atoms in total. The van der Waals surface area contributed by atoms with Crippen molar-refractivity contribution in [3.63, 3.8) is 0 Å². The van der Waals surface area contributed by atoms with Gasteiger partial charge in [-0.05, 0) is 37.1 Å². The number of hydrogen-bond donors (Lipinski definition) is 3. The van der Waals surface area contributed by atoms with E-state index in [-0.39, 0.29) is 5.91 Å². The van der Waals surface area contributed by atoms with Crippen LogP contribution in [0.25, 0.3) is 11.1 Å². The Bertz CT molecular complexity index is 642. The lowest BCUT2D eigenvalue weighted by molar-refractivity contribution is -0.119. The van der Waals surface area contributed by atoms with Crippen molar-refractivity contribution in [3.8, 4) is 11.1 Å². The van der Waals surface area contributed by atoms with Crippen LogP contribution in [0, 0.1) is 0 Å². The molecule has 0 atom stereocenters. The highest BCUT2D eigenvalue weighted by Gasteiger charge is 2.38. The summed E-state index contributed by atoms with van der Waals surface area (Å²) in [7, 11) is 0. The number of hydrogen-bond acceptors (Lipinski definition) is 3. The minimum absolute atomic E-state index is 0.0230. The summed E-state index contributed by atoms with van der Waals surface area (Å²) in [5, 5.41) is 9.50. The number of carbonyl (C=O) groups excluding carboxylic acids is 1. The van der Waals surface area contributed by atoms with Crippen molar-refractivity contribution in [2.45, 2.75) is 19.3 Å². The Morgan fingerprint density at radius 1 is 1.33 bits per heavy atom. The summed E-state index contributed by atoms with van der Waals surface area (Å²) in [5.74, 6) is 0.555. The van der Waals surface area contributed by atoms with Gasteiger partial charge in [-0.15, -0.1) is 0 Å². The fourth-order valence-corrected chi connectivity index (χ4v) is 2.26. The number of H-pyrrole nitrogens is 1. The van der Waals surface area contributed by atoms with Crippen molar-refractivity contribution in [2.75, 3.05) is 11.1 Å². The van der Waals surface area contributed by atoms with Crippen LogP contribution in [0.1, 0.15) is 19.4 Å². The summed E-state index contributed by atoms with van der Waals surface area (Å²) >= 11 is 0. The number of aromatic amines is 1. The molecular formula is C13H14N4O. The number of nitrogens with one attached hydrogen (secondary N) is 2. The summed E-state index contributed by atoms with van der Waals surface area (Å²) < 4.78 is 0. The minimum Gasteiger partial charge on any atom is -0.384 e. The first-order chi connectivity index (χ1) is 8.50. The van der Waals surface area contributed by atoms with E-state index < -0.39 is 5.41 Å². The molecule has 0 saturated heterocycles. The number of nitrogen functional groups attached to an aromatic ring is 1. The van der Waals surface area contributed by atoms with E-state index in [1.165, 1.54) is 0 Å². The Morgan fingerprint density at radius 3 is 2.78 bits per heavy atom. The zero-order chi connectivity index (χ0) is 12.9. The minimum atomic E-state index is -0.510. The van der Waals surface area contributed by atoms with E-state index in [9.17, 15) is 4.79 Å². The topological polar surface area (TPSA) is 83.8 Å². The Kier molecular flexibility index (Phi) is 2.02. The number of benzene rings is 1. The number of nitrogens with two attached hydrogens (primary N) is 1. The summed E-state index contributed by atoms with van der Waals surface area (Å²) in [6, 6.07) is 5.83. The van der Waals surface area contributed by atoms with Gasteiger partial charge in [0.05, 0.1) is 11.6 Å². The number of carbonyl (C=O) groups is 1. The first kappa shape index (κ1) is 10.8. The first-order valence-electron chi connectivity index (χ1n) is 5.75. The van der Waals surface area contributed by atoms with Crippen LogP contribution in [-0.2, 0) is 10.2 Å². The Labute approximate surface area is 104 Å². The van der Waals surface area contributed by atoms with Crippen molar-refractivity contribution in [3.05, 3.63) is 30.0 Å². The average Bonchev–Trinajstić information content (AvgIpc) is 2.83. The maximum Gasteiger partial charge on any atom is 0.234 e. The van der Waals surface area contributed by atoms with Gasteiger partial charge in [-0.25, -0.2) is 0 Å². The largest absolute Gasteiger partial charge is 0.384 e. The van der Waals surface area contributed by atoms with E-state index in [1.807, 2.05) is 32.0 Å². The van der Waals surface area contributed by atoms with Crippen molar-refractivity contribution in [2.24, 2.45) is 0 Å². The highest BCUT2D eigenvalue weighted by atomic mass is 16.2. The second-order valence-corrected chi connectivity index (χ2v) is 5.04. The fraction of sp³-hybridized carbons (Fsp3) is 0.231. The second kappa shape index (κ2) is 3.35. The second-order valence-electron chi connectivity index (χ2n) is 5.04. The molecule has 2 heterocycles. The van der Waals surface area contributed by atoms with Crippen LogP contribution in [0.3, 0.4) is 0 Å². The molecule has 1 aliphatic rings. The molecule has 1 amide bonds. The van der Waals surface area contributed by atoms with E-state index in [1.54, 1.807) is 6.20 Å². The lowest BCUT2D eigenvalue weighted by Crippen LogP contribution is -2.26. The highest BCUT2D eigenvalue weighted by molar-refractivity contribution is 6.06. The number of aromatic nitrogens is 2. The summed E-state index contributed by atoms with van der Waals surface area (Å²) in [5.41, 5.74) is 8.98. The monoisotopic (exact) mass is 242 g/mol. The van der Waals surface area contributed by atoms with Gasteiger partial charge < -0.3 is 11.1 Å². The third-order valence-corrected chi connectivity index (χ3v) is 3.49. The van der Waals surface area contributed by atoms with Crippen LogP contribution < -0.4 is 11.1 Å². The third-order valence-electron chi connectivity index (χ3n) is 3.49. The lowest BCUT2D eigenvalue weighted by Gasteiger charge is -2.15. The number of fused-ring (bicyclic) bond motifs is 1. The molecule has 5 heteroatoms. The molecular weight excluding hydrogens is 228 g/mol. The molecule has 1 aromatic carbocycles. The molecule has 4 N–H and O–H groups in total. The van der Waals surface area contributed by atoms with Crippen molar-refractivity contribution < 1.29 is 4.79 Å². The van der Waals surface area contributed by atoms with Crippen LogP contribution in [0.15, 0.2) is 24.4 Å². The van der Waals surface area contributed by atoms with E-state index in [2.05, 4.69) is 15.5 Å². The predicted molar refractivity (Wildman–Crippen MR) is 70.1 cm³/mol. The van der Waals surface area contributed by atoms with Crippen LogP contribution in [0.2, 0.25) is 0 Å². The fourth-order valence-electron chi connectivity index (χ4n) is 2.26. The Hall–Kier alpha value is -2.30. The maximum absolute atomic E-state index is 11.9. The Balaban J connectivity index is 2.16. The van der Waals surface area contributed by atoms with Gasteiger partial charge >= 0.3 is 0 Å². The van der Waals surface area contributed by atoms with Gasteiger partial charge in [-0.1, -0.05) is 6.07 Å². The zero-order valence-corrected chi connectivity index (χ0v) is 10.2. The highest BCUT2D eigenvalue weighted by Crippen LogP contribution is 2.40. The number of rotatable bonds is 1. The summed E-state index contributed by atoms with van der Waals surface area (Å²) in [4.78, 5) is 11.9. The van der Waals surface area contributed by atoms with Gasteiger partial charge in [0.15, 0.2) is 0 Å². The Morgan fingerprint density at radius 2 is 2.11 bits per heavy atom. The predicted octanol–water partition coefficient (Wildman–Crippen LogP) is 1.89. The zero-order valence-electron chi connectivity index (χ0n) is 10.2. The van der Waals surface area contributed by atoms with Crippen molar-refractivity contribution in [1.82, 2.24) is 10.2 Å². The normalized spacial score (nSPS) is 16.4. The van der Waals surface area contributed by atoms with Crippen LogP contribution in [0.5, 0.6) is 0 Å². The summed E-state index contributed by atoms with van der Waals surface area (Å²) in [6.45, 7) is 3.83. The van der Waals surface area contributed by atoms with Crippen LogP contribution >= 0.6 is 0 Å². The molecule has 92 valence electrons. The molecule has 0 aliphatic carbocycles. The van der Waals surface area contributed by atoms with Gasteiger partial charge in [0.1, 0.15) is 5.82 Å². The van der Waals surface area contributed by atoms with E-state index in [4.69, 9.17) is 5.73 Å². The van der Waals surface area contributed by atoms with Crippen LogP contribution in [0.4, 0.5) is 11.5 Å². The number of amides is 1. The van der Waals surface area contributed by atoms with E-state index in [0.29, 0.717) is 5.82 Å². The molecule has 0 radical (unpaired) electrons. The average molecular weight is 242 g/mol. The molecule has 18 heavy (non-hydrogen) atoms. The smallest absolute Gasteiger partial charge is 0.234 e. The molecule has 0 spiro atoms. The molecule has 3 rings (SSSR count). The molecule has 0 bridgehead atoms. The van der Waals surface area contributed by atoms with Crippen molar-refractivity contribution >= 4 is 17.4 Å². The van der Waals surface area contributed by atoms with E-state index in [0.717, 1.165) is 22.4 Å². The number of nitrogens with zero attached hydrogens (tertiary/aromatic N) is 1. The standard InChI is InChI=1S/C13H14N4O/c1-13(2)9-5-7(8-6-15-17-11(8)14)3-4-10(9)16-12(13)18/h3-6H,1-2H3,(H,16,18)(H3,14,15,17). The van der Waals surface area contributed by atoms with Gasteiger partial charge in [-0.3, -0.25) is 9.89 Å². The molecule has 0 saturated carbocycles. The quantitative estimate of drug-likeness (QED) is 0.714. The maximum atomic E-state index is 11.9. The molecule has 0 unspecified atom stereocenters. The van der Waals surface area contributed by atoms with Crippen molar-refractivity contribution in [1.29, 1.82) is 0 Å². The number of anilines is 2. The SMILES string of the molecule is CC1(C)C(=O)Nc2ccc(-c3cn[nH]c3N)cc21.